The standard InChI is InChI=1S/C17H26N2O2S/c1-3-9-18(10-4-2)16(20)14-7-11-19(12-8-14)17(21)15-6-5-13-22-15/h5-6,13-14H,3-4,7-12H2,1-2H3. The Morgan fingerprint density at radius 3 is 2.36 bits per heavy atom. The fraction of sp³-hybridized carbons (Fsp3) is 0.647. The average molecular weight is 322 g/mol. The summed E-state index contributed by atoms with van der Waals surface area (Å²) in [6.07, 6.45) is 3.59. The molecule has 1 aliphatic rings. The highest BCUT2D eigenvalue weighted by molar-refractivity contribution is 7.12. The Labute approximate surface area is 137 Å². The van der Waals surface area contributed by atoms with Crippen LogP contribution in [0.1, 0.15) is 49.2 Å². The van der Waals surface area contributed by atoms with Gasteiger partial charge in [-0.25, -0.2) is 0 Å². The minimum absolute atomic E-state index is 0.0884. The molecule has 1 fully saturated rings. The summed E-state index contributed by atoms with van der Waals surface area (Å²) >= 11 is 1.48. The van der Waals surface area contributed by atoms with Gasteiger partial charge in [0.15, 0.2) is 0 Å². The molecule has 2 amide bonds. The summed E-state index contributed by atoms with van der Waals surface area (Å²) in [4.78, 5) is 29.6. The number of carbonyl (C=O) groups is 2. The molecule has 1 aromatic heterocycles. The summed E-state index contributed by atoms with van der Waals surface area (Å²) in [6, 6.07) is 3.77. The number of thiophene rings is 1. The second-order valence-electron chi connectivity index (χ2n) is 5.87. The quantitative estimate of drug-likeness (QED) is 0.806. The van der Waals surface area contributed by atoms with Gasteiger partial charge in [-0.15, -0.1) is 11.3 Å². The first-order valence-corrected chi connectivity index (χ1v) is 9.16. The normalized spacial score (nSPS) is 15.8. The van der Waals surface area contributed by atoms with Crippen LogP contribution in [0.3, 0.4) is 0 Å². The number of nitrogens with zero attached hydrogens (tertiary/aromatic N) is 2. The molecule has 0 aromatic carbocycles. The first kappa shape index (κ1) is 17.0. The van der Waals surface area contributed by atoms with Gasteiger partial charge in [-0.2, -0.15) is 0 Å². The first-order chi connectivity index (χ1) is 10.7. The summed E-state index contributed by atoms with van der Waals surface area (Å²) in [5.74, 6) is 0.484. The molecule has 0 saturated carbocycles. The van der Waals surface area contributed by atoms with Crippen LogP contribution in [0, 0.1) is 5.92 Å². The van der Waals surface area contributed by atoms with E-state index < -0.39 is 0 Å². The molecule has 0 aliphatic carbocycles. The topological polar surface area (TPSA) is 40.6 Å². The molecule has 1 saturated heterocycles. The largest absolute Gasteiger partial charge is 0.342 e. The van der Waals surface area contributed by atoms with Crippen LogP contribution >= 0.6 is 11.3 Å². The van der Waals surface area contributed by atoms with E-state index in [0.29, 0.717) is 13.1 Å². The molecule has 0 atom stereocenters. The van der Waals surface area contributed by atoms with Crippen molar-refractivity contribution in [3.05, 3.63) is 22.4 Å². The molecule has 0 spiro atoms. The molecule has 0 radical (unpaired) electrons. The van der Waals surface area contributed by atoms with Crippen LogP contribution in [0.2, 0.25) is 0 Å². The average Bonchev–Trinajstić information content (AvgIpc) is 3.08. The van der Waals surface area contributed by atoms with E-state index >= 15 is 0 Å². The highest BCUT2D eigenvalue weighted by atomic mass is 32.1. The Bertz CT molecular complexity index is 473. The second-order valence-corrected chi connectivity index (χ2v) is 6.82. The van der Waals surface area contributed by atoms with E-state index in [1.165, 1.54) is 11.3 Å². The molecule has 0 bridgehead atoms. The maximum atomic E-state index is 12.6. The summed E-state index contributed by atoms with van der Waals surface area (Å²) in [7, 11) is 0. The molecule has 2 rings (SSSR count). The van der Waals surface area contributed by atoms with Gasteiger partial charge in [0, 0.05) is 32.1 Å². The van der Waals surface area contributed by atoms with Crippen LogP contribution in [-0.2, 0) is 4.79 Å². The van der Waals surface area contributed by atoms with Crippen molar-refractivity contribution in [2.24, 2.45) is 5.92 Å². The molecule has 0 N–H and O–H groups in total. The number of carbonyl (C=O) groups excluding carboxylic acids is 2. The molecule has 122 valence electrons. The van der Waals surface area contributed by atoms with Crippen LogP contribution in [0.15, 0.2) is 17.5 Å². The Balaban J connectivity index is 1.88. The number of amides is 2. The van der Waals surface area contributed by atoms with Crippen molar-refractivity contribution in [1.82, 2.24) is 9.80 Å². The molecule has 5 heteroatoms. The predicted molar refractivity (Wildman–Crippen MR) is 90.1 cm³/mol. The lowest BCUT2D eigenvalue weighted by Gasteiger charge is -2.34. The Hall–Kier alpha value is -1.36. The van der Waals surface area contributed by atoms with Crippen molar-refractivity contribution >= 4 is 23.2 Å². The van der Waals surface area contributed by atoms with Crippen LogP contribution in [0.5, 0.6) is 0 Å². The van der Waals surface area contributed by atoms with Gasteiger partial charge in [0.25, 0.3) is 5.91 Å². The van der Waals surface area contributed by atoms with Crippen molar-refractivity contribution in [2.45, 2.75) is 39.5 Å². The molecule has 4 nitrogen and oxygen atoms in total. The summed E-state index contributed by atoms with van der Waals surface area (Å²) in [6.45, 7) is 7.30. The van der Waals surface area contributed by atoms with E-state index in [2.05, 4.69) is 13.8 Å². The van der Waals surface area contributed by atoms with Gasteiger partial charge < -0.3 is 9.80 Å². The zero-order chi connectivity index (χ0) is 15.9. The monoisotopic (exact) mass is 322 g/mol. The molecular formula is C17H26N2O2S. The molecule has 1 aromatic rings. The Morgan fingerprint density at radius 1 is 1.23 bits per heavy atom. The highest BCUT2D eigenvalue weighted by Gasteiger charge is 2.30. The minimum atomic E-state index is 0.0884. The lowest BCUT2D eigenvalue weighted by Crippen LogP contribution is -2.44. The molecular weight excluding hydrogens is 296 g/mol. The van der Waals surface area contributed by atoms with E-state index in [4.69, 9.17) is 0 Å². The molecule has 22 heavy (non-hydrogen) atoms. The SMILES string of the molecule is CCCN(CCC)C(=O)C1CCN(C(=O)c2cccs2)CC1. The van der Waals surface area contributed by atoms with Crippen LogP contribution in [-0.4, -0.2) is 47.8 Å². The van der Waals surface area contributed by atoms with Crippen LogP contribution in [0.4, 0.5) is 0 Å². The Morgan fingerprint density at radius 2 is 1.86 bits per heavy atom. The van der Waals surface area contributed by atoms with Crippen LogP contribution < -0.4 is 0 Å². The second kappa shape index (κ2) is 8.32. The third-order valence-corrected chi connectivity index (χ3v) is 5.02. The molecule has 2 heterocycles. The highest BCUT2D eigenvalue weighted by Crippen LogP contribution is 2.22. The fourth-order valence-electron chi connectivity index (χ4n) is 3.02. The smallest absolute Gasteiger partial charge is 0.263 e. The zero-order valence-electron chi connectivity index (χ0n) is 13.6. The summed E-state index contributed by atoms with van der Waals surface area (Å²) in [5.41, 5.74) is 0. The van der Waals surface area contributed by atoms with E-state index in [1.54, 1.807) is 0 Å². The fourth-order valence-corrected chi connectivity index (χ4v) is 3.71. The van der Waals surface area contributed by atoms with Gasteiger partial charge in [-0.3, -0.25) is 9.59 Å². The summed E-state index contributed by atoms with van der Waals surface area (Å²) < 4.78 is 0. The van der Waals surface area contributed by atoms with Crippen molar-refractivity contribution < 1.29 is 9.59 Å². The lowest BCUT2D eigenvalue weighted by molar-refractivity contribution is -0.137. The maximum absolute atomic E-state index is 12.6. The van der Waals surface area contributed by atoms with Crippen molar-refractivity contribution in [3.63, 3.8) is 0 Å². The number of piperidine rings is 1. The van der Waals surface area contributed by atoms with E-state index in [-0.39, 0.29) is 17.7 Å². The van der Waals surface area contributed by atoms with Crippen LogP contribution in [0.25, 0.3) is 0 Å². The maximum Gasteiger partial charge on any atom is 0.263 e. The third kappa shape index (κ3) is 4.09. The number of rotatable bonds is 6. The first-order valence-electron chi connectivity index (χ1n) is 8.28. The predicted octanol–water partition coefficient (Wildman–Crippen LogP) is 3.25. The van der Waals surface area contributed by atoms with Gasteiger partial charge in [-0.05, 0) is 37.1 Å². The van der Waals surface area contributed by atoms with Gasteiger partial charge in [0.05, 0.1) is 4.88 Å². The van der Waals surface area contributed by atoms with Gasteiger partial charge in [0.2, 0.25) is 5.91 Å². The van der Waals surface area contributed by atoms with Gasteiger partial charge in [-0.1, -0.05) is 19.9 Å². The molecule has 1 aliphatic heterocycles. The minimum Gasteiger partial charge on any atom is -0.342 e. The van der Waals surface area contributed by atoms with E-state index in [9.17, 15) is 9.59 Å². The third-order valence-electron chi connectivity index (χ3n) is 4.16. The Kier molecular flexibility index (Phi) is 6.43. The molecule has 0 unspecified atom stereocenters. The zero-order valence-corrected chi connectivity index (χ0v) is 14.4. The number of hydrogen-bond acceptors (Lipinski definition) is 3. The van der Waals surface area contributed by atoms with E-state index in [1.807, 2.05) is 27.3 Å². The van der Waals surface area contributed by atoms with Gasteiger partial charge >= 0.3 is 0 Å². The number of likely N-dealkylation sites (tertiary alicyclic amines) is 1. The van der Waals surface area contributed by atoms with Gasteiger partial charge in [0.1, 0.15) is 0 Å². The van der Waals surface area contributed by atoms with Crippen molar-refractivity contribution in [2.75, 3.05) is 26.2 Å². The summed E-state index contributed by atoms with van der Waals surface area (Å²) in [5, 5.41) is 1.93. The van der Waals surface area contributed by atoms with Crippen molar-refractivity contribution in [3.8, 4) is 0 Å². The van der Waals surface area contributed by atoms with Crippen molar-refractivity contribution in [1.29, 1.82) is 0 Å². The number of hydrogen-bond donors (Lipinski definition) is 0. The lowest BCUT2D eigenvalue weighted by atomic mass is 9.95. The van der Waals surface area contributed by atoms with E-state index in [0.717, 1.165) is 43.6 Å².